The number of hydrogen-bond acceptors (Lipinski definition) is 5. The fraction of sp³-hybridized carbons (Fsp3) is 0.727. The van der Waals surface area contributed by atoms with Crippen molar-refractivity contribution >= 4 is 17.2 Å². The number of fused-ring (bicyclic) bond motifs is 3. The maximum absolute atomic E-state index is 11.2. The fourth-order valence-corrected chi connectivity index (χ4v) is 3.65. The Morgan fingerprint density at radius 3 is 2.71 bits per heavy atom. The van der Waals surface area contributed by atoms with Crippen molar-refractivity contribution in [3.63, 3.8) is 0 Å². The Labute approximate surface area is 104 Å². The van der Waals surface area contributed by atoms with E-state index in [1.54, 1.807) is 23.8 Å². The van der Waals surface area contributed by atoms with E-state index in [1.165, 1.54) is 0 Å². The first-order valence-electron chi connectivity index (χ1n) is 5.84. The molecule has 3 aliphatic rings. The van der Waals surface area contributed by atoms with Gasteiger partial charge in [-0.05, 0) is 25.7 Å². The summed E-state index contributed by atoms with van der Waals surface area (Å²) in [5.41, 5.74) is 1.37. The largest absolute Gasteiger partial charge is 0.365 e. The summed E-state index contributed by atoms with van der Waals surface area (Å²) >= 11 is 1.56. The van der Waals surface area contributed by atoms with Gasteiger partial charge < -0.3 is 10.1 Å². The van der Waals surface area contributed by atoms with Gasteiger partial charge >= 0.3 is 0 Å². The predicted molar refractivity (Wildman–Crippen MR) is 62.6 cm³/mol. The molecule has 6 heteroatoms. The SMILES string of the molecule is CC(=O)NC12CCC(c3nncs3)(CC1)OC2. The number of hydrogen-bond donors (Lipinski definition) is 1. The van der Waals surface area contributed by atoms with E-state index in [4.69, 9.17) is 4.74 Å². The Balaban J connectivity index is 1.80. The van der Waals surface area contributed by atoms with Crippen LogP contribution in [0.1, 0.15) is 37.6 Å². The van der Waals surface area contributed by atoms with Crippen molar-refractivity contribution in [2.24, 2.45) is 0 Å². The maximum atomic E-state index is 11.2. The second-order valence-electron chi connectivity index (χ2n) is 4.99. The Kier molecular flexibility index (Phi) is 2.45. The highest BCUT2D eigenvalue weighted by atomic mass is 32.1. The van der Waals surface area contributed by atoms with Crippen LogP contribution in [0.2, 0.25) is 0 Å². The second kappa shape index (κ2) is 3.74. The van der Waals surface area contributed by atoms with Crippen molar-refractivity contribution in [1.29, 1.82) is 0 Å². The molecule has 1 amide bonds. The quantitative estimate of drug-likeness (QED) is 0.860. The first-order chi connectivity index (χ1) is 8.14. The van der Waals surface area contributed by atoms with E-state index in [1.807, 2.05) is 0 Å². The van der Waals surface area contributed by atoms with E-state index in [-0.39, 0.29) is 17.0 Å². The van der Waals surface area contributed by atoms with Gasteiger partial charge in [0.15, 0.2) is 0 Å². The van der Waals surface area contributed by atoms with Crippen LogP contribution in [0.4, 0.5) is 0 Å². The molecule has 4 rings (SSSR count). The average molecular weight is 253 g/mol. The molecule has 1 aromatic heterocycles. The third-order valence-corrected chi connectivity index (χ3v) is 4.71. The molecule has 2 bridgehead atoms. The van der Waals surface area contributed by atoms with Gasteiger partial charge in [0.05, 0.1) is 12.1 Å². The molecular weight excluding hydrogens is 238 g/mol. The number of carbonyl (C=O) groups excluding carboxylic acids is 1. The molecule has 0 unspecified atom stereocenters. The zero-order valence-corrected chi connectivity index (χ0v) is 10.5. The highest BCUT2D eigenvalue weighted by Crippen LogP contribution is 2.49. The number of carbonyl (C=O) groups is 1. The minimum Gasteiger partial charge on any atom is -0.365 e. The summed E-state index contributed by atoms with van der Waals surface area (Å²) in [6.45, 7) is 2.15. The summed E-state index contributed by atoms with van der Waals surface area (Å²) in [5.74, 6) is 0.0268. The van der Waals surface area contributed by atoms with Crippen molar-refractivity contribution in [3.05, 3.63) is 10.5 Å². The zero-order chi connectivity index (χ0) is 11.9. The van der Waals surface area contributed by atoms with Gasteiger partial charge in [0.2, 0.25) is 5.91 Å². The number of aromatic nitrogens is 2. The third-order valence-electron chi connectivity index (χ3n) is 3.83. The van der Waals surface area contributed by atoms with Crippen LogP contribution >= 0.6 is 11.3 Å². The molecule has 1 saturated carbocycles. The molecule has 1 aromatic rings. The van der Waals surface area contributed by atoms with E-state index in [0.717, 1.165) is 30.7 Å². The van der Waals surface area contributed by atoms with Crippen molar-refractivity contribution < 1.29 is 9.53 Å². The van der Waals surface area contributed by atoms with Gasteiger partial charge in [-0.15, -0.1) is 21.5 Å². The van der Waals surface area contributed by atoms with E-state index >= 15 is 0 Å². The van der Waals surface area contributed by atoms with E-state index in [2.05, 4.69) is 15.5 Å². The minimum absolute atomic E-state index is 0.0268. The normalized spacial score (nSPS) is 35.8. The molecule has 2 saturated heterocycles. The topological polar surface area (TPSA) is 64.1 Å². The number of nitrogens with one attached hydrogen (secondary N) is 1. The van der Waals surface area contributed by atoms with E-state index in [9.17, 15) is 4.79 Å². The van der Waals surface area contributed by atoms with Crippen molar-refractivity contribution in [2.45, 2.75) is 43.7 Å². The van der Waals surface area contributed by atoms with Crippen molar-refractivity contribution in [2.75, 3.05) is 6.61 Å². The lowest BCUT2D eigenvalue weighted by Crippen LogP contribution is -2.61. The molecule has 17 heavy (non-hydrogen) atoms. The van der Waals surface area contributed by atoms with E-state index < -0.39 is 0 Å². The fourth-order valence-electron chi connectivity index (χ4n) is 2.88. The van der Waals surface area contributed by atoms with Crippen LogP contribution in [-0.2, 0) is 15.1 Å². The summed E-state index contributed by atoms with van der Waals surface area (Å²) < 4.78 is 6.01. The number of rotatable bonds is 2. The monoisotopic (exact) mass is 253 g/mol. The summed E-state index contributed by atoms with van der Waals surface area (Å²) in [6, 6.07) is 0. The lowest BCUT2D eigenvalue weighted by Gasteiger charge is -2.52. The van der Waals surface area contributed by atoms with Crippen LogP contribution in [0, 0.1) is 0 Å². The molecule has 0 radical (unpaired) electrons. The van der Waals surface area contributed by atoms with Crippen LogP contribution in [0.15, 0.2) is 5.51 Å². The van der Waals surface area contributed by atoms with Gasteiger partial charge in [-0.25, -0.2) is 0 Å². The Morgan fingerprint density at radius 2 is 2.24 bits per heavy atom. The van der Waals surface area contributed by atoms with Crippen LogP contribution < -0.4 is 5.32 Å². The van der Waals surface area contributed by atoms with Gasteiger partial charge in [0.1, 0.15) is 16.1 Å². The average Bonchev–Trinajstić information content (AvgIpc) is 2.84. The van der Waals surface area contributed by atoms with Gasteiger partial charge in [-0.1, -0.05) is 0 Å². The lowest BCUT2D eigenvalue weighted by atomic mass is 9.71. The molecule has 3 heterocycles. The smallest absolute Gasteiger partial charge is 0.217 e. The van der Waals surface area contributed by atoms with Gasteiger partial charge in [-0.3, -0.25) is 4.79 Å². The Hall–Kier alpha value is -1.01. The van der Waals surface area contributed by atoms with Crippen LogP contribution in [0.3, 0.4) is 0 Å². The van der Waals surface area contributed by atoms with Crippen molar-refractivity contribution in [3.8, 4) is 0 Å². The van der Waals surface area contributed by atoms with Gasteiger partial charge in [0.25, 0.3) is 0 Å². The molecule has 3 fully saturated rings. The van der Waals surface area contributed by atoms with Crippen molar-refractivity contribution in [1.82, 2.24) is 15.5 Å². The Morgan fingerprint density at radius 1 is 1.47 bits per heavy atom. The molecule has 1 aliphatic carbocycles. The summed E-state index contributed by atoms with van der Waals surface area (Å²) in [4.78, 5) is 11.2. The minimum atomic E-state index is -0.235. The predicted octanol–water partition coefficient (Wildman–Crippen LogP) is 1.21. The highest BCUT2D eigenvalue weighted by molar-refractivity contribution is 7.09. The standard InChI is InChI=1S/C11H15N3O2S/c1-8(15)13-10-2-4-11(5-3-10,16-6-10)9-14-12-7-17-9/h7H,2-6H2,1H3,(H,13,15). The molecule has 0 atom stereocenters. The third kappa shape index (κ3) is 1.75. The zero-order valence-electron chi connectivity index (χ0n) is 9.73. The first-order valence-corrected chi connectivity index (χ1v) is 6.72. The number of ether oxygens (including phenoxy) is 1. The molecule has 5 nitrogen and oxygen atoms in total. The molecule has 0 aromatic carbocycles. The molecule has 92 valence electrons. The maximum Gasteiger partial charge on any atom is 0.217 e. The molecule has 2 aliphatic heterocycles. The number of amides is 1. The molecule has 1 N–H and O–H groups in total. The van der Waals surface area contributed by atoms with Gasteiger partial charge in [-0.2, -0.15) is 0 Å². The van der Waals surface area contributed by atoms with Crippen LogP contribution in [-0.4, -0.2) is 28.3 Å². The Bertz CT molecular complexity index is 407. The second-order valence-corrected chi connectivity index (χ2v) is 5.82. The summed E-state index contributed by atoms with van der Waals surface area (Å²) in [5, 5.41) is 12.1. The summed E-state index contributed by atoms with van der Waals surface area (Å²) in [6.07, 6.45) is 3.77. The van der Waals surface area contributed by atoms with E-state index in [0.29, 0.717) is 6.61 Å². The highest BCUT2D eigenvalue weighted by Gasteiger charge is 2.52. The summed E-state index contributed by atoms with van der Waals surface area (Å²) in [7, 11) is 0. The molecular formula is C11H15N3O2S. The first kappa shape index (κ1) is 11.1. The molecule has 0 spiro atoms. The van der Waals surface area contributed by atoms with Crippen LogP contribution in [0.5, 0.6) is 0 Å². The lowest BCUT2D eigenvalue weighted by molar-refractivity contribution is -0.171. The van der Waals surface area contributed by atoms with Gasteiger partial charge in [0, 0.05) is 6.92 Å². The van der Waals surface area contributed by atoms with Crippen LogP contribution in [0.25, 0.3) is 0 Å². The number of nitrogens with zero attached hydrogens (tertiary/aromatic N) is 2.